The molecule has 0 N–H and O–H groups in total. The van der Waals surface area contributed by atoms with Crippen molar-refractivity contribution >= 4 is 40.7 Å². The van der Waals surface area contributed by atoms with Crippen molar-refractivity contribution < 1.29 is 9.59 Å². The summed E-state index contributed by atoms with van der Waals surface area (Å²) in [6.07, 6.45) is 3.97. The Morgan fingerprint density at radius 1 is 0.818 bits per heavy atom. The van der Waals surface area contributed by atoms with Gasteiger partial charge in [-0.05, 0) is 55.7 Å². The lowest BCUT2D eigenvalue weighted by Gasteiger charge is -2.36. The normalized spacial score (nSPS) is 21.6. The van der Waals surface area contributed by atoms with Gasteiger partial charge in [0, 0.05) is 62.9 Å². The standard InChI is InChI=1S/C24H29ClN6O2/c25-19-4-6-20(7-5-19)31-17-18(16-23(31)32)24(33)30-14-12-29(13-15-30)22-9-8-21(26-27-22)28-10-2-1-3-11-28/h4-9,18H,1-3,10-17H2. The van der Waals surface area contributed by atoms with Crippen molar-refractivity contribution in [3.05, 3.63) is 41.4 Å². The molecule has 1 unspecified atom stereocenters. The zero-order chi connectivity index (χ0) is 22.8. The number of rotatable bonds is 4. The fourth-order valence-electron chi connectivity index (χ4n) is 4.94. The van der Waals surface area contributed by atoms with Crippen LogP contribution in [-0.4, -0.2) is 72.7 Å². The number of carbonyl (C=O) groups excluding carboxylic acids is 2. The van der Waals surface area contributed by atoms with Crippen molar-refractivity contribution in [1.82, 2.24) is 15.1 Å². The number of nitrogens with zero attached hydrogens (tertiary/aromatic N) is 6. The molecule has 1 aromatic heterocycles. The lowest BCUT2D eigenvalue weighted by molar-refractivity contribution is -0.136. The molecule has 2 amide bonds. The average molecular weight is 469 g/mol. The summed E-state index contributed by atoms with van der Waals surface area (Å²) in [4.78, 5) is 33.7. The van der Waals surface area contributed by atoms with E-state index >= 15 is 0 Å². The molecule has 2 aromatic rings. The van der Waals surface area contributed by atoms with Crippen LogP contribution >= 0.6 is 11.6 Å². The van der Waals surface area contributed by atoms with Crippen molar-refractivity contribution in [2.24, 2.45) is 5.92 Å². The van der Waals surface area contributed by atoms with Gasteiger partial charge in [-0.25, -0.2) is 0 Å². The molecule has 3 aliphatic heterocycles. The smallest absolute Gasteiger partial charge is 0.228 e. The first-order chi connectivity index (χ1) is 16.1. The molecule has 0 saturated carbocycles. The first-order valence-corrected chi connectivity index (χ1v) is 12.1. The van der Waals surface area contributed by atoms with E-state index in [9.17, 15) is 9.59 Å². The van der Waals surface area contributed by atoms with E-state index in [2.05, 4.69) is 26.1 Å². The van der Waals surface area contributed by atoms with Crippen LogP contribution < -0.4 is 14.7 Å². The van der Waals surface area contributed by atoms with Crippen molar-refractivity contribution in [2.45, 2.75) is 25.7 Å². The Bertz CT molecular complexity index is 985. The fourth-order valence-corrected chi connectivity index (χ4v) is 5.06. The molecule has 174 valence electrons. The number of aromatic nitrogens is 2. The number of hydrogen-bond acceptors (Lipinski definition) is 6. The minimum atomic E-state index is -0.302. The third-order valence-corrected chi connectivity index (χ3v) is 7.10. The number of carbonyl (C=O) groups is 2. The molecule has 3 saturated heterocycles. The lowest BCUT2D eigenvalue weighted by atomic mass is 10.1. The Hall–Kier alpha value is -2.87. The van der Waals surface area contributed by atoms with Gasteiger partial charge in [0.1, 0.15) is 0 Å². The minimum Gasteiger partial charge on any atom is -0.355 e. The molecule has 0 bridgehead atoms. The van der Waals surface area contributed by atoms with Crippen LogP contribution in [0.15, 0.2) is 36.4 Å². The van der Waals surface area contributed by atoms with Gasteiger partial charge in [-0.15, -0.1) is 10.2 Å². The number of piperazine rings is 1. The van der Waals surface area contributed by atoms with Gasteiger partial charge < -0.3 is 19.6 Å². The zero-order valence-electron chi connectivity index (χ0n) is 18.7. The van der Waals surface area contributed by atoms with E-state index in [0.29, 0.717) is 37.7 Å². The van der Waals surface area contributed by atoms with E-state index in [1.165, 1.54) is 19.3 Å². The van der Waals surface area contributed by atoms with Gasteiger partial charge in [-0.1, -0.05) is 11.6 Å². The average Bonchev–Trinajstić information content (AvgIpc) is 3.26. The fraction of sp³-hybridized carbons (Fsp3) is 0.500. The van der Waals surface area contributed by atoms with Crippen LogP contribution in [0.1, 0.15) is 25.7 Å². The van der Waals surface area contributed by atoms with E-state index in [4.69, 9.17) is 11.6 Å². The molecule has 3 aliphatic rings. The van der Waals surface area contributed by atoms with Crippen LogP contribution in [0.4, 0.5) is 17.3 Å². The summed E-state index contributed by atoms with van der Waals surface area (Å²) in [5, 5.41) is 9.53. The predicted molar refractivity (Wildman–Crippen MR) is 129 cm³/mol. The number of hydrogen-bond donors (Lipinski definition) is 0. The number of benzene rings is 1. The van der Waals surface area contributed by atoms with Crippen molar-refractivity contribution in [2.75, 3.05) is 60.5 Å². The third kappa shape index (κ3) is 4.76. The van der Waals surface area contributed by atoms with Gasteiger partial charge in [-0.3, -0.25) is 9.59 Å². The topological polar surface area (TPSA) is 72.9 Å². The van der Waals surface area contributed by atoms with Gasteiger partial charge in [0.15, 0.2) is 11.6 Å². The molecule has 0 spiro atoms. The molecule has 1 aromatic carbocycles. The predicted octanol–water partition coefficient (Wildman–Crippen LogP) is 2.82. The summed E-state index contributed by atoms with van der Waals surface area (Å²) in [5.41, 5.74) is 0.788. The highest BCUT2D eigenvalue weighted by atomic mass is 35.5. The summed E-state index contributed by atoms with van der Waals surface area (Å²) in [6.45, 7) is 5.20. The lowest BCUT2D eigenvalue weighted by Crippen LogP contribution is -2.51. The van der Waals surface area contributed by atoms with Gasteiger partial charge in [0.05, 0.1) is 5.92 Å². The second-order valence-electron chi connectivity index (χ2n) is 8.99. The van der Waals surface area contributed by atoms with Crippen molar-refractivity contribution in [1.29, 1.82) is 0 Å². The third-order valence-electron chi connectivity index (χ3n) is 6.84. The molecular formula is C24H29ClN6O2. The van der Waals surface area contributed by atoms with Crippen LogP contribution in [0.5, 0.6) is 0 Å². The summed E-state index contributed by atoms with van der Waals surface area (Å²) in [7, 11) is 0. The molecule has 5 rings (SSSR count). The van der Waals surface area contributed by atoms with Gasteiger partial charge >= 0.3 is 0 Å². The SMILES string of the molecule is O=C(C1CC(=O)N(c2ccc(Cl)cc2)C1)N1CCN(c2ccc(N3CCCCC3)nn2)CC1. The summed E-state index contributed by atoms with van der Waals surface area (Å²) < 4.78 is 0. The van der Waals surface area contributed by atoms with Crippen LogP contribution in [0.3, 0.4) is 0 Å². The monoisotopic (exact) mass is 468 g/mol. The number of piperidine rings is 1. The van der Waals surface area contributed by atoms with Crippen LogP contribution in [0, 0.1) is 5.92 Å². The number of anilines is 3. The minimum absolute atomic E-state index is 0.0154. The van der Waals surface area contributed by atoms with Crippen LogP contribution in [-0.2, 0) is 9.59 Å². The largest absolute Gasteiger partial charge is 0.355 e. The highest BCUT2D eigenvalue weighted by molar-refractivity contribution is 6.30. The Labute approximate surface area is 199 Å². The van der Waals surface area contributed by atoms with Crippen LogP contribution in [0.2, 0.25) is 5.02 Å². The van der Waals surface area contributed by atoms with E-state index in [0.717, 1.165) is 30.4 Å². The molecule has 0 radical (unpaired) electrons. The quantitative estimate of drug-likeness (QED) is 0.687. The Morgan fingerprint density at radius 2 is 1.42 bits per heavy atom. The van der Waals surface area contributed by atoms with Crippen molar-refractivity contribution in [3.63, 3.8) is 0 Å². The highest BCUT2D eigenvalue weighted by Crippen LogP contribution is 2.28. The number of amides is 2. The van der Waals surface area contributed by atoms with Crippen LogP contribution in [0.25, 0.3) is 0 Å². The second kappa shape index (κ2) is 9.55. The Kier molecular flexibility index (Phi) is 6.35. The second-order valence-corrected chi connectivity index (χ2v) is 9.43. The van der Waals surface area contributed by atoms with Gasteiger partial charge in [0.25, 0.3) is 0 Å². The van der Waals surface area contributed by atoms with Gasteiger partial charge in [-0.2, -0.15) is 0 Å². The molecule has 33 heavy (non-hydrogen) atoms. The number of halogens is 1. The van der Waals surface area contributed by atoms with Gasteiger partial charge in [0.2, 0.25) is 11.8 Å². The Balaban J connectivity index is 1.15. The molecule has 0 aliphatic carbocycles. The molecule has 1 atom stereocenters. The van der Waals surface area contributed by atoms with E-state index in [-0.39, 0.29) is 24.2 Å². The summed E-state index contributed by atoms with van der Waals surface area (Å²) in [5.74, 6) is 1.55. The molecule has 3 fully saturated rings. The highest BCUT2D eigenvalue weighted by Gasteiger charge is 2.38. The summed E-state index contributed by atoms with van der Waals surface area (Å²) >= 11 is 5.96. The van der Waals surface area contributed by atoms with E-state index in [1.54, 1.807) is 17.0 Å². The Morgan fingerprint density at radius 3 is 2.03 bits per heavy atom. The zero-order valence-corrected chi connectivity index (χ0v) is 19.5. The molecule has 9 heteroatoms. The summed E-state index contributed by atoms with van der Waals surface area (Å²) in [6, 6.07) is 11.3. The van der Waals surface area contributed by atoms with E-state index in [1.807, 2.05) is 23.1 Å². The first-order valence-electron chi connectivity index (χ1n) is 11.8. The van der Waals surface area contributed by atoms with Crippen molar-refractivity contribution in [3.8, 4) is 0 Å². The maximum atomic E-state index is 13.1. The maximum absolute atomic E-state index is 13.1. The molecule has 4 heterocycles. The molecule has 8 nitrogen and oxygen atoms in total. The maximum Gasteiger partial charge on any atom is 0.228 e. The van der Waals surface area contributed by atoms with E-state index < -0.39 is 0 Å². The molecular weight excluding hydrogens is 440 g/mol. The first kappa shape index (κ1) is 21.9.